The highest BCUT2D eigenvalue weighted by molar-refractivity contribution is 5.69. The van der Waals surface area contributed by atoms with Gasteiger partial charge in [-0.2, -0.15) is 5.10 Å². The molecule has 1 atom stereocenters. The van der Waals surface area contributed by atoms with Crippen LogP contribution in [0, 0.1) is 30.2 Å². The first-order chi connectivity index (χ1) is 17.2. The minimum atomic E-state index is -1.87. The number of aryl methyl sites for hydroxylation is 2. The summed E-state index contributed by atoms with van der Waals surface area (Å²) >= 11 is 0. The summed E-state index contributed by atoms with van der Waals surface area (Å²) in [7, 11) is 1.47. The van der Waals surface area contributed by atoms with Crippen LogP contribution < -0.4 is 4.74 Å². The van der Waals surface area contributed by atoms with Gasteiger partial charge in [0.05, 0.1) is 24.8 Å². The maximum atomic E-state index is 14.9. The second kappa shape index (κ2) is 8.90. The monoisotopic (exact) mass is 499 g/mol. The molecule has 36 heavy (non-hydrogen) atoms. The Kier molecular flexibility index (Phi) is 5.87. The summed E-state index contributed by atoms with van der Waals surface area (Å²) in [5, 5.41) is 15.6. The fourth-order valence-corrected chi connectivity index (χ4v) is 4.33. The van der Waals surface area contributed by atoms with Gasteiger partial charge in [-0.25, -0.2) is 32.2 Å². The predicted molar refractivity (Wildman–Crippen MR) is 122 cm³/mol. The van der Waals surface area contributed by atoms with Gasteiger partial charge in [-0.3, -0.25) is 0 Å². The van der Waals surface area contributed by atoms with E-state index >= 15 is 0 Å². The number of benzene rings is 2. The van der Waals surface area contributed by atoms with Crippen LogP contribution in [-0.4, -0.2) is 36.5 Å². The van der Waals surface area contributed by atoms with Crippen molar-refractivity contribution in [1.82, 2.24) is 24.3 Å². The third kappa shape index (κ3) is 4.05. The molecule has 5 rings (SSSR count). The van der Waals surface area contributed by atoms with Crippen molar-refractivity contribution in [1.29, 1.82) is 0 Å². The van der Waals surface area contributed by atoms with Crippen molar-refractivity contribution in [3.63, 3.8) is 0 Å². The first kappa shape index (κ1) is 23.7. The van der Waals surface area contributed by atoms with Crippen LogP contribution in [0.1, 0.15) is 41.3 Å². The molecule has 3 heterocycles. The Balaban J connectivity index is 1.49. The molecular weight excluding hydrogens is 478 g/mol. The molecule has 11 heteroatoms. The smallest absolute Gasteiger partial charge is 0.194 e. The van der Waals surface area contributed by atoms with Crippen molar-refractivity contribution in [3.8, 4) is 11.4 Å². The van der Waals surface area contributed by atoms with E-state index in [2.05, 4.69) is 15.1 Å². The van der Waals surface area contributed by atoms with Crippen LogP contribution in [0.4, 0.5) is 17.6 Å². The molecule has 0 unspecified atom stereocenters. The summed E-state index contributed by atoms with van der Waals surface area (Å²) in [5.41, 5.74) is -0.581. The maximum Gasteiger partial charge on any atom is 0.194 e. The highest BCUT2D eigenvalue weighted by Crippen LogP contribution is 2.38. The van der Waals surface area contributed by atoms with Crippen LogP contribution in [0.5, 0.6) is 5.75 Å². The molecule has 2 aromatic heterocycles. The Labute approximate surface area is 203 Å². The van der Waals surface area contributed by atoms with E-state index in [-0.39, 0.29) is 29.2 Å². The Morgan fingerprint density at radius 2 is 1.81 bits per heavy atom. The third-order valence-corrected chi connectivity index (χ3v) is 6.13. The lowest BCUT2D eigenvalue weighted by atomic mass is 9.86. The number of hydrogen-bond donors (Lipinski definition) is 1. The van der Waals surface area contributed by atoms with Gasteiger partial charge in [-0.1, -0.05) is 0 Å². The number of ether oxygens (including phenoxy) is 1. The zero-order chi connectivity index (χ0) is 25.6. The van der Waals surface area contributed by atoms with E-state index in [0.29, 0.717) is 24.4 Å². The number of nitrogens with zero attached hydrogens (tertiary/aromatic N) is 5. The molecular formula is C25H21F4N5O2. The molecule has 0 spiro atoms. The number of aliphatic hydroxyl groups is 1. The molecule has 0 saturated carbocycles. The molecule has 2 aromatic carbocycles. The van der Waals surface area contributed by atoms with E-state index in [1.54, 1.807) is 17.1 Å². The van der Waals surface area contributed by atoms with Gasteiger partial charge in [0.1, 0.15) is 17.2 Å². The maximum absolute atomic E-state index is 14.9. The topological polar surface area (TPSA) is 78.0 Å². The second-order valence-corrected chi connectivity index (χ2v) is 8.54. The van der Waals surface area contributed by atoms with E-state index in [1.165, 1.54) is 36.1 Å². The number of fused-ring (bicyclic) bond motifs is 1. The number of imidazole rings is 1. The number of hydrogen-bond acceptors (Lipinski definition) is 5. The average molecular weight is 499 g/mol. The van der Waals surface area contributed by atoms with Crippen LogP contribution in [0.2, 0.25) is 0 Å². The van der Waals surface area contributed by atoms with E-state index in [4.69, 9.17) is 4.74 Å². The van der Waals surface area contributed by atoms with Gasteiger partial charge in [-0.05, 0) is 55.7 Å². The van der Waals surface area contributed by atoms with Crippen molar-refractivity contribution in [2.24, 2.45) is 0 Å². The summed E-state index contributed by atoms with van der Waals surface area (Å²) in [6.07, 6.45) is 6.76. The van der Waals surface area contributed by atoms with Gasteiger partial charge in [0.15, 0.2) is 29.1 Å². The van der Waals surface area contributed by atoms with E-state index in [1.807, 2.05) is 6.92 Å². The van der Waals surface area contributed by atoms with Gasteiger partial charge < -0.3 is 14.4 Å². The number of halogens is 4. The number of aromatic nitrogens is 5. The molecule has 1 aliphatic heterocycles. The largest absolute Gasteiger partial charge is 0.495 e. The molecule has 0 saturated heterocycles. The minimum absolute atomic E-state index is 0.0580. The lowest BCUT2D eigenvalue weighted by Gasteiger charge is -2.31. The van der Waals surface area contributed by atoms with Crippen LogP contribution >= 0.6 is 0 Å². The molecule has 0 bridgehead atoms. The number of methoxy groups -OCH3 is 1. The highest BCUT2D eigenvalue weighted by atomic mass is 19.2. The quantitative estimate of drug-likeness (QED) is 0.322. The fraction of sp³-hybridized carbons (Fsp3) is 0.240. The SMILES string of the molecule is COc1cc(/C=C/c2nc3n(n2)CCC[C@@]3(O)c2cc(F)c(F)c(F)c2)c(F)cc1-n1cnc(C)c1. The summed E-state index contributed by atoms with van der Waals surface area (Å²) in [6, 6.07) is 4.35. The van der Waals surface area contributed by atoms with E-state index in [9.17, 15) is 22.7 Å². The van der Waals surface area contributed by atoms with Gasteiger partial charge in [0, 0.05) is 24.4 Å². The molecule has 7 nitrogen and oxygen atoms in total. The average Bonchev–Trinajstić information content (AvgIpc) is 3.48. The molecule has 4 aromatic rings. The van der Waals surface area contributed by atoms with Crippen molar-refractivity contribution >= 4 is 12.2 Å². The molecule has 0 radical (unpaired) electrons. The van der Waals surface area contributed by atoms with E-state index < -0.39 is 28.9 Å². The highest BCUT2D eigenvalue weighted by Gasteiger charge is 2.40. The van der Waals surface area contributed by atoms with Gasteiger partial charge >= 0.3 is 0 Å². The van der Waals surface area contributed by atoms with Crippen molar-refractivity contribution in [2.45, 2.75) is 31.9 Å². The summed E-state index contributed by atoms with van der Waals surface area (Å²) < 4.78 is 64.6. The van der Waals surface area contributed by atoms with Gasteiger partial charge in [0.2, 0.25) is 0 Å². The molecule has 1 aliphatic rings. The van der Waals surface area contributed by atoms with Crippen LogP contribution in [0.15, 0.2) is 36.8 Å². The van der Waals surface area contributed by atoms with E-state index in [0.717, 1.165) is 17.8 Å². The van der Waals surface area contributed by atoms with Crippen LogP contribution in [-0.2, 0) is 12.1 Å². The van der Waals surface area contributed by atoms with Crippen molar-refractivity contribution in [2.75, 3.05) is 7.11 Å². The van der Waals surface area contributed by atoms with Crippen molar-refractivity contribution in [3.05, 3.63) is 88.5 Å². The zero-order valence-electron chi connectivity index (χ0n) is 19.3. The second-order valence-electron chi connectivity index (χ2n) is 8.54. The zero-order valence-corrected chi connectivity index (χ0v) is 19.3. The molecule has 186 valence electrons. The lowest BCUT2D eigenvalue weighted by Crippen LogP contribution is -2.36. The number of rotatable bonds is 5. The Hall–Kier alpha value is -3.99. The van der Waals surface area contributed by atoms with Gasteiger partial charge in [-0.15, -0.1) is 0 Å². The van der Waals surface area contributed by atoms with Crippen LogP contribution in [0.3, 0.4) is 0 Å². The van der Waals surface area contributed by atoms with Crippen LogP contribution in [0.25, 0.3) is 17.8 Å². The molecule has 0 amide bonds. The first-order valence-electron chi connectivity index (χ1n) is 11.1. The normalized spacial score (nSPS) is 17.5. The molecule has 1 N–H and O–H groups in total. The first-order valence-corrected chi connectivity index (χ1v) is 11.1. The fourth-order valence-electron chi connectivity index (χ4n) is 4.33. The Morgan fingerprint density at radius 1 is 1.06 bits per heavy atom. The van der Waals surface area contributed by atoms with Crippen molar-refractivity contribution < 1.29 is 27.4 Å². The summed E-state index contributed by atoms with van der Waals surface area (Å²) in [5.74, 6) is -4.33. The predicted octanol–water partition coefficient (Wildman–Crippen LogP) is 4.54. The third-order valence-electron chi connectivity index (χ3n) is 6.13. The summed E-state index contributed by atoms with van der Waals surface area (Å²) in [6.45, 7) is 2.23. The summed E-state index contributed by atoms with van der Waals surface area (Å²) in [4.78, 5) is 8.47. The Morgan fingerprint density at radius 3 is 2.47 bits per heavy atom. The Bertz CT molecular complexity index is 1470. The molecule has 0 aliphatic carbocycles. The van der Waals surface area contributed by atoms with Gasteiger partial charge in [0.25, 0.3) is 0 Å². The lowest BCUT2D eigenvalue weighted by molar-refractivity contribution is 0.0387. The molecule has 0 fully saturated rings. The standard InChI is InChI=1S/C25H21F4N5O2/c1-14-12-33(13-30-14)20-11-17(26)15(8-21(20)36-2)4-5-22-31-24-25(35,6-3-7-34(24)32-22)16-9-18(27)23(29)19(28)10-16/h4-5,8-13,35H,3,6-7H2,1-2H3/b5-4+/t25-/m1/s1. The minimum Gasteiger partial charge on any atom is -0.495 e.